The maximum atomic E-state index is 13.4. The number of likely N-dealkylation sites (N-methyl/N-ethyl adjacent to an activating group) is 1. The van der Waals surface area contributed by atoms with Crippen LogP contribution in [0.2, 0.25) is 0 Å². The van der Waals surface area contributed by atoms with E-state index in [9.17, 15) is 9.18 Å². The van der Waals surface area contributed by atoms with Crippen LogP contribution < -0.4 is 10.5 Å². The molecule has 0 unspecified atom stereocenters. The molecular formula is C20H16FN5O2. The van der Waals surface area contributed by atoms with Gasteiger partial charge in [0, 0.05) is 24.2 Å². The van der Waals surface area contributed by atoms with Crippen LogP contribution in [-0.4, -0.2) is 38.8 Å². The van der Waals surface area contributed by atoms with Gasteiger partial charge < -0.3 is 15.4 Å². The lowest BCUT2D eigenvalue weighted by Gasteiger charge is -2.24. The number of halogens is 1. The van der Waals surface area contributed by atoms with Gasteiger partial charge >= 0.3 is 0 Å². The van der Waals surface area contributed by atoms with Crippen molar-refractivity contribution in [2.75, 3.05) is 19.4 Å². The molecule has 0 saturated heterocycles. The fourth-order valence-corrected chi connectivity index (χ4v) is 3.64. The van der Waals surface area contributed by atoms with Gasteiger partial charge in [0.1, 0.15) is 29.5 Å². The molecule has 2 N–H and O–H groups in total. The van der Waals surface area contributed by atoms with E-state index in [4.69, 9.17) is 10.5 Å². The summed E-state index contributed by atoms with van der Waals surface area (Å²) in [4.78, 5) is 23.2. The van der Waals surface area contributed by atoms with Crippen LogP contribution in [0.5, 0.6) is 5.75 Å². The number of nitrogens with zero attached hydrogens (tertiary/aromatic N) is 4. The van der Waals surface area contributed by atoms with Gasteiger partial charge in [-0.2, -0.15) is 0 Å². The number of carbonyl (C=O) groups excluding carboxylic acids is 1. The van der Waals surface area contributed by atoms with E-state index in [1.165, 1.54) is 12.1 Å². The summed E-state index contributed by atoms with van der Waals surface area (Å²) in [6.07, 6.45) is 3.28. The average Bonchev–Trinajstić information content (AvgIpc) is 3.34. The number of fused-ring (bicyclic) bond motifs is 4. The molecule has 1 aliphatic heterocycles. The summed E-state index contributed by atoms with van der Waals surface area (Å²) < 4.78 is 20.8. The van der Waals surface area contributed by atoms with Crippen molar-refractivity contribution in [2.24, 2.45) is 0 Å². The number of hydrogen-bond donors (Lipinski definition) is 1. The first kappa shape index (κ1) is 16.5. The molecule has 2 aromatic carbocycles. The molecule has 140 valence electrons. The van der Waals surface area contributed by atoms with Gasteiger partial charge in [-0.25, -0.2) is 14.4 Å². The number of rotatable bonds is 2. The second-order valence-electron chi connectivity index (χ2n) is 6.77. The van der Waals surface area contributed by atoms with Crippen LogP contribution in [-0.2, 0) is 0 Å². The number of amides is 1. The van der Waals surface area contributed by atoms with Gasteiger partial charge in [0.25, 0.3) is 5.91 Å². The summed E-state index contributed by atoms with van der Waals surface area (Å²) >= 11 is 0. The quantitative estimate of drug-likeness (QED) is 0.581. The zero-order valence-corrected chi connectivity index (χ0v) is 15.0. The van der Waals surface area contributed by atoms with Gasteiger partial charge in [-0.15, -0.1) is 0 Å². The highest BCUT2D eigenvalue weighted by Gasteiger charge is 2.31. The smallest absolute Gasteiger partial charge is 0.254 e. The summed E-state index contributed by atoms with van der Waals surface area (Å²) in [7, 11) is 1.72. The molecule has 5 rings (SSSR count). The molecule has 8 heteroatoms. The van der Waals surface area contributed by atoms with Gasteiger partial charge in [0.2, 0.25) is 0 Å². The molecule has 1 atom stereocenters. The summed E-state index contributed by atoms with van der Waals surface area (Å²) in [5.41, 5.74) is 9.37. The summed E-state index contributed by atoms with van der Waals surface area (Å²) in [6, 6.07) is 9.36. The highest BCUT2D eigenvalue weighted by atomic mass is 19.1. The number of ether oxygens (including phenoxy) is 1. The van der Waals surface area contributed by atoms with Crippen molar-refractivity contribution in [1.82, 2.24) is 19.3 Å². The third-order valence-corrected chi connectivity index (χ3v) is 5.14. The average molecular weight is 377 g/mol. The Labute approximate surface area is 159 Å². The molecule has 3 heterocycles. The lowest BCUT2D eigenvalue weighted by atomic mass is 10.1. The molecule has 0 radical (unpaired) electrons. The van der Waals surface area contributed by atoms with E-state index in [2.05, 4.69) is 9.97 Å². The molecule has 2 aromatic heterocycles. The summed E-state index contributed by atoms with van der Waals surface area (Å²) in [5, 5.41) is 0. The second-order valence-corrected chi connectivity index (χ2v) is 6.77. The molecule has 0 bridgehead atoms. The van der Waals surface area contributed by atoms with Crippen molar-refractivity contribution in [2.45, 2.75) is 6.04 Å². The van der Waals surface area contributed by atoms with Crippen LogP contribution >= 0.6 is 0 Å². The predicted octanol–water partition coefficient (Wildman–Crippen LogP) is 2.81. The molecular weight excluding hydrogens is 361 g/mol. The van der Waals surface area contributed by atoms with Crippen LogP contribution in [0, 0.1) is 5.82 Å². The Hall–Kier alpha value is -3.68. The first-order valence-corrected chi connectivity index (χ1v) is 8.73. The van der Waals surface area contributed by atoms with Crippen molar-refractivity contribution < 1.29 is 13.9 Å². The maximum absolute atomic E-state index is 13.4. The second kappa shape index (κ2) is 5.91. The van der Waals surface area contributed by atoms with Gasteiger partial charge in [-0.05, 0) is 24.3 Å². The lowest BCUT2D eigenvalue weighted by Crippen LogP contribution is -2.32. The number of nitrogens with two attached hydrogens (primary N) is 1. The molecule has 28 heavy (non-hydrogen) atoms. The lowest BCUT2D eigenvalue weighted by molar-refractivity contribution is 0.0708. The summed E-state index contributed by atoms with van der Waals surface area (Å²) in [5.74, 6) is 0.327. The van der Waals surface area contributed by atoms with Crippen molar-refractivity contribution in [3.63, 3.8) is 0 Å². The van der Waals surface area contributed by atoms with Crippen LogP contribution in [0.25, 0.3) is 16.6 Å². The fourth-order valence-electron chi connectivity index (χ4n) is 3.64. The van der Waals surface area contributed by atoms with E-state index < -0.39 is 0 Å². The van der Waals surface area contributed by atoms with Gasteiger partial charge in [0.05, 0.1) is 29.6 Å². The Morgan fingerprint density at radius 1 is 1.29 bits per heavy atom. The van der Waals surface area contributed by atoms with E-state index >= 15 is 0 Å². The number of hydrogen-bond acceptors (Lipinski definition) is 5. The van der Waals surface area contributed by atoms with Crippen molar-refractivity contribution in [3.8, 4) is 5.75 Å². The zero-order valence-electron chi connectivity index (χ0n) is 15.0. The predicted molar refractivity (Wildman–Crippen MR) is 102 cm³/mol. The van der Waals surface area contributed by atoms with E-state index in [1.807, 2.05) is 4.40 Å². The molecule has 7 nitrogen and oxygen atoms in total. The van der Waals surface area contributed by atoms with Gasteiger partial charge in [0.15, 0.2) is 0 Å². The molecule has 0 spiro atoms. The Morgan fingerprint density at radius 3 is 3.00 bits per heavy atom. The minimum atomic E-state index is -0.362. The highest BCUT2D eigenvalue weighted by Crippen LogP contribution is 2.36. The van der Waals surface area contributed by atoms with Gasteiger partial charge in [-0.3, -0.25) is 9.20 Å². The molecule has 0 aliphatic carbocycles. The minimum Gasteiger partial charge on any atom is -0.491 e. The monoisotopic (exact) mass is 377 g/mol. The fraction of sp³-hybridized carbons (Fsp3) is 0.150. The van der Waals surface area contributed by atoms with Crippen LogP contribution in [0.15, 0.2) is 48.9 Å². The largest absolute Gasteiger partial charge is 0.491 e. The molecule has 1 amide bonds. The Morgan fingerprint density at radius 2 is 2.14 bits per heavy atom. The number of benzene rings is 2. The number of aromatic nitrogens is 3. The Balaban J connectivity index is 1.54. The topological polar surface area (TPSA) is 85.8 Å². The SMILES string of the molecule is CN(C(=O)c1ccc2nc(N)c3cncn3c2c1)[C@@H]1COc2cc(F)ccc21. The van der Waals surface area contributed by atoms with E-state index in [0.29, 0.717) is 34.8 Å². The van der Waals surface area contributed by atoms with Crippen molar-refractivity contribution in [3.05, 3.63) is 65.9 Å². The maximum Gasteiger partial charge on any atom is 0.254 e. The minimum absolute atomic E-state index is 0.169. The van der Waals surface area contributed by atoms with E-state index in [1.54, 1.807) is 48.7 Å². The highest BCUT2D eigenvalue weighted by molar-refractivity contribution is 5.98. The molecule has 4 aromatic rings. The first-order valence-electron chi connectivity index (χ1n) is 8.73. The standard InChI is InChI=1S/C20H16FN5O2/c1-25(17-9-28-18-7-12(21)3-4-13(17)18)20(27)11-2-5-14-15(6-11)26-10-23-8-16(26)19(22)24-14/h2-8,10,17H,9H2,1H3,(H2,22,24)/t17-/m1/s1. The van der Waals surface area contributed by atoms with Crippen molar-refractivity contribution >= 4 is 28.3 Å². The van der Waals surface area contributed by atoms with Crippen LogP contribution in [0.3, 0.4) is 0 Å². The zero-order chi connectivity index (χ0) is 19.4. The Bertz CT molecular complexity index is 1250. The Kier molecular flexibility index (Phi) is 3.48. The van der Waals surface area contributed by atoms with E-state index in [0.717, 1.165) is 11.1 Å². The normalized spacial score (nSPS) is 15.6. The van der Waals surface area contributed by atoms with Crippen LogP contribution in [0.4, 0.5) is 10.2 Å². The number of anilines is 1. The first-order chi connectivity index (χ1) is 13.5. The third kappa shape index (κ3) is 2.38. The molecule has 0 fully saturated rings. The third-order valence-electron chi connectivity index (χ3n) is 5.14. The number of nitrogen functional groups attached to an aromatic ring is 1. The van der Waals surface area contributed by atoms with Crippen LogP contribution in [0.1, 0.15) is 22.0 Å². The number of imidazole rings is 1. The van der Waals surface area contributed by atoms with Gasteiger partial charge in [-0.1, -0.05) is 6.07 Å². The van der Waals surface area contributed by atoms with E-state index in [-0.39, 0.29) is 17.8 Å². The summed E-state index contributed by atoms with van der Waals surface area (Å²) in [6.45, 7) is 0.290. The molecule has 1 aliphatic rings. The van der Waals surface area contributed by atoms with Crippen molar-refractivity contribution in [1.29, 1.82) is 0 Å². The number of carbonyl (C=O) groups is 1. The molecule has 0 saturated carbocycles.